The quantitative estimate of drug-likeness (QED) is 0.500. The van der Waals surface area contributed by atoms with E-state index in [4.69, 9.17) is 11.5 Å². The van der Waals surface area contributed by atoms with Crippen LogP contribution in [0.3, 0.4) is 0 Å². The molecule has 0 fully saturated rings. The molecule has 0 aromatic rings. The van der Waals surface area contributed by atoms with Crippen LogP contribution in [-0.4, -0.2) is 23.2 Å². The van der Waals surface area contributed by atoms with Crippen LogP contribution < -0.4 is 11.5 Å². The lowest BCUT2D eigenvalue weighted by Crippen LogP contribution is -2.45. The molecule has 0 heterocycles. The number of carbonyl (C=O) groups excluding carboxylic acids is 1. The van der Waals surface area contributed by atoms with Crippen LogP contribution in [0.25, 0.3) is 0 Å². The Balaban J connectivity index is 3.38. The first kappa shape index (κ1) is 14.4. The van der Waals surface area contributed by atoms with E-state index < -0.39 is 18.1 Å². The van der Waals surface area contributed by atoms with Gasteiger partial charge in [0.2, 0.25) is 5.91 Å². The Morgan fingerprint density at radius 1 is 1.20 bits per heavy atom. The van der Waals surface area contributed by atoms with Crippen molar-refractivity contribution < 1.29 is 9.90 Å². The topological polar surface area (TPSA) is 89.3 Å². The lowest BCUT2D eigenvalue weighted by Gasteiger charge is -2.15. The average molecular weight is 216 g/mol. The third-order valence-electron chi connectivity index (χ3n) is 2.60. The number of nitrogens with two attached hydrogens (primary N) is 2. The van der Waals surface area contributed by atoms with Gasteiger partial charge in [-0.05, 0) is 6.42 Å². The highest BCUT2D eigenvalue weighted by molar-refractivity contribution is 5.80. The van der Waals surface area contributed by atoms with Crippen LogP contribution in [-0.2, 0) is 4.79 Å². The predicted octanol–water partition coefficient (Wildman–Crippen LogP) is 0.911. The number of primary amides is 1. The standard InChI is InChI=1S/C11H24N2O2/c1-2-3-4-5-6-7-8-9(14)10(12)11(13)15/h9-10,14H,2-8,12H2,1H3,(H2,13,15). The fraction of sp³-hybridized carbons (Fsp3) is 0.909. The minimum atomic E-state index is -0.916. The number of hydrogen-bond donors (Lipinski definition) is 3. The van der Waals surface area contributed by atoms with Gasteiger partial charge in [-0.3, -0.25) is 4.79 Å². The molecule has 15 heavy (non-hydrogen) atoms. The van der Waals surface area contributed by atoms with Gasteiger partial charge < -0.3 is 16.6 Å². The third kappa shape index (κ3) is 7.33. The SMILES string of the molecule is CCCCCCCCC(O)C(N)C(N)=O. The molecule has 0 aromatic carbocycles. The molecular formula is C11H24N2O2. The van der Waals surface area contributed by atoms with Crippen LogP contribution in [0.4, 0.5) is 0 Å². The summed E-state index contributed by atoms with van der Waals surface area (Å²) in [6.45, 7) is 2.18. The summed E-state index contributed by atoms with van der Waals surface area (Å²) < 4.78 is 0. The molecule has 2 atom stereocenters. The molecule has 0 bridgehead atoms. The van der Waals surface area contributed by atoms with E-state index in [-0.39, 0.29) is 0 Å². The Morgan fingerprint density at radius 2 is 1.73 bits per heavy atom. The van der Waals surface area contributed by atoms with Gasteiger partial charge in [-0.25, -0.2) is 0 Å². The maximum atomic E-state index is 10.7. The molecule has 0 aliphatic rings. The van der Waals surface area contributed by atoms with Gasteiger partial charge in [0, 0.05) is 0 Å². The summed E-state index contributed by atoms with van der Waals surface area (Å²) in [5.74, 6) is -0.631. The molecule has 5 N–H and O–H groups in total. The second-order valence-electron chi connectivity index (χ2n) is 4.05. The van der Waals surface area contributed by atoms with Crippen molar-refractivity contribution in [3.05, 3.63) is 0 Å². The number of carbonyl (C=O) groups is 1. The van der Waals surface area contributed by atoms with E-state index in [1.807, 2.05) is 0 Å². The summed E-state index contributed by atoms with van der Waals surface area (Å²) in [6, 6.07) is -0.916. The van der Waals surface area contributed by atoms with Crippen molar-refractivity contribution >= 4 is 5.91 Å². The van der Waals surface area contributed by atoms with Crippen LogP contribution in [0.15, 0.2) is 0 Å². The van der Waals surface area contributed by atoms with E-state index in [2.05, 4.69) is 6.92 Å². The van der Waals surface area contributed by atoms with Gasteiger partial charge in [0.1, 0.15) is 6.04 Å². The number of hydrogen-bond acceptors (Lipinski definition) is 3. The minimum absolute atomic E-state index is 0.566. The molecule has 90 valence electrons. The molecule has 0 aliphatic heterocycles. The highest BCUT2D eigenvalue weighted by Gasteiger charge is 2.18. The van der Waals surface area contributed by atoms with E-state index in [1.54, 1.807) is 0 Å². The van der Waals surface area contributed by atoms with E-state index in [0.29, 0.717) is 6.42 Å². The normalized spacial score (nSPS) is 14.9. The van der Waals surface area contributed by atoms with Crippen molar-refractivity contribution in [2.45, 2.75) is 64.0 Å². The van der Waals surface area contributed by atoms with Crippen LogP contribution in [0.2, 0.25) is 0 Å². The number of aliphatic hydroxyl groups is 1. The molecule has 0 aromatic heterocycles. The zero-order chi connectivity index (χ0) is 11.7. The summed E-state index contributed by atoms with van der Waals surface area (Å²) in [5, 5.41) is 9.46. The monoisotopic (exact) mass is 216 g/mol. The van der Waals surface area contributed by atoms with Gasteiger partial charge >= 0.3 is 0 Å². The fourth-order valence-corrected chi connectivity index (χ4v) is 1.50. The molecule has 0 radical (unpaired) electrons. The predicted molar refractivity (Wildman–Crippen MR) is 61.2 cm³/mol. The first-order valence-electron chi connectivity index (χ1n) is 5.82. The molecular weight excluding hydrogens is 192 g/mol. The average Bonchev–Trinajstić information content (AvgIpc) is 2.21. The second-order valence-corrected chi connectivity index (χ2v) is 4.05. The van der Waals surface area contributed by atoms with Crippen molar-refractivity contribution in [3.8, 4) is 0 Å². The highest BCUT2D eigenvalue weighted by Crippen LogP contribution is 2.09. The largest absolute Gasteiger partial charge is 0.391 e. The molecule has 0 saturated heterocycles. The Hall–Kier alpha value is -0.610. The number of aliphatic hydroxyl groups excluding tert-OH is 1. The lowest BCUT2D eigenvalue weighted by atomic mass is 10.0. The van der Waals surface area contributed by atoms with Crippen LogP contribution in [0.5, 0.6) is 0 Å². The molecule has 0 spiro atoms. The number of amides is 1. The van der Waals surface area contributed by atoms with Crippen molar-refractivity contribution in [1.82, 2.24) is 0 Å². The Labute approximate surface area is 92.0 Å². The Morgan fingerprint density at radius 3 is 2.27 bits per heavy atom. The van der Waals surface area contributed by atoms with Gasteiger partial charge in [0.05, 0.1) is 6.10 Å². The van der Waals surface area contributed by atoms with Gasteiger partial charge in [-0.1, -0.05) is 45.4 Å². The molecule has 0 rings (SSSR count). The molecule has 2 unspecified atom stereocenters. The van der Waals surface area contributed by atoms with Crippen LogP contribution in [0, 0.1) is 0 Å². The highest BCUT2D eigenvalue weighted by atomic mass is 16.3. The van der Waals surface area contributed by atoms with E-state index in [1.165, 1.54) is 25.7 Å². The molecule has 0 saturated carbocycles. The minimum Gasteiger partial charge on any atom is -0.391 e. The third-order valence-corrected chi connectivity index (χ3v) is 2.60. The number of rotatable bonds is 9. The van der Waals surface area contributed by atoms with Crippen LogP contribution in [0.1, 0.15) is 51.9 Å². The Bertz CT molecular complexity index is 174. The maximum absolute atomic E-state index is 10.7. The van der Waals surface area contributed by atoms with Crippen molar-refractivity contribution in [2.24, 2.45) is 11.5 Å². The maximum Gasteiger partial charge on any atom is 0.237 e. The van der Waals surface area contributed by atoms with Gasteiger partial charge in [0.15, 0.2) is 0 Å². The van der Waals surface area contributed by atoms with Crippen molar-refractivity contribution in [2.75, 3.05) is 0 Å². The fourth-order valence-electron chi connectivity index (χ4n) is 1.50. The molecule has 4 heteroatoms. The number of unbranched alkanes of at least 4 members (excludes halogenated alkanes) is 5. The van der Waals surface area contributed by atoms with Gasteiger partial charge in [-0.15, -0.1) is 0 Å². The second kappa shape index (κ2) is 8.68. The van der Waals surface area contributed by atoms with E-state index >= 15 is 0 Å². The van der Waals surface area contributed by atoms with Crippen molar-refractivity contribution in [1.29, 1.82) is 0 Å². The van der Waals surface area contributed by atoms with E-state index in [9.17, 15) is 9.90 Å². The zero-order valence-electron chi connectivity index (χ0n) is 9.61. The van der Waals surface area contributed by atoms with Gasteiger partial charge in [-0.2, -0.15) is 0 Å². The smallest absolute Gasteiger partial charge is 0.237 e. The van der Waals surface area contributed by atoms with Gasteiger partial charge in [0.25, 0.3) is 0 Å². The van der Waals surface area contributed by atoms with Crippen molar-refractivity contribution in [3.63, 3.8) is 0 Å². The summed E-state index contributed by atoms with van der Waals surface area (Å²) in [4.78, 5) is 10.7. The van der Waals surface area contributed by atoms with Crippen LogP contribution >= 0.6 is 0 Å². The molecule has 0 aliphatic carbocycles. The molecule has 1 amide bonds. The lowest BCUT2D eigenvalue weighted by molar-refractivity contribution is -0.121. The first-order chi connectivity index (χ1) is 7.09. The summed E-state index contributed by atoms with van der Waals surface area (Å²) in [6.07, 6.45) is 6.71. The Kier molecular flexibility index (Phi) is 8.33. The zero-order valence-corrected chi connectivity index (χ0v) is 9.61. The summed E-state index contributed by atoms with van der Waals surface area (Å²) >= 11 is 0. The summed E-state index contributed by atoms with van der Waals surface area (Å²) in [7, 11) is 0. The molecule has 4 nitrogen and oxygen atoms in total. The van der Waals surface area contributed by atoms with E-state index in [0.717, 1.165) is 12.8 Å². The first-order valence-corrected chi connectivity index (χ1v) is 5.82. The summed E-state index contributed by atoms with van der Waals surface area (Å²) in [5.41, 5.74) is 10.4.